The summed E-state index contributed by atoms with van der Waals surface area (Å²) in [5.41, 5.74) is 1.46. The maximum absolute atomic E-state index is 14.0. The van der Waals surface area contributed by atoms with Gasteiger partial charge in [-0.3, -0.25) is 4.79 Å². The quantitative estimate of drug-likeness (QED) is 0.706. The minimum Gasteiger partial charge on any atom is -0.454 e. The topological polar surface area (TPSA) is 64.8 Å². The third kappa shape index (κ3) is 2.63. The summed E-state index contributed by atoms with van der Waals surface area (Å²) in [6.45, 7) is 0.745. The molecule has 1 amide bonds. The number of ether oxygens (including phenoxy) is 2. The Balaban J connectivity index is 1.38. The Hall–Kier alpha value is -3.35. The number of likely N-dealkylation sites (tertiary alicyclic amines) is 1. The van der Waals surface area contributed by atoms with E-state index in [1.165, 1.54) is 6.07 Å². The summed E-state index contributed by atoms with van der Waals surface area (Å²) in [6.07, 6.45) is 0.722. The zero-order valence-electron chi connectivity index (χ0n) is 14.2. The minimum atomic E-state index is -0.304. The Morgan fingerprint density at radius 3 is 2.78 bits per heavy atom. The van der Waals surface area contributed by atoms with Gasteiger partial charge in [-0.15, -0.1) is 0 Å². The molecule has 27 heavy (non-hydrogen) atoms. The molecule has 0 bridgehead atoms. The molecule has 7 heteroatoms. The number of rotatable bonds is 3. The Morgan fingerprint density at radius 1 is 1.11 bits per heavy atom. The first-order valence-electron chi connectivity index (χ1n) is 8.63. The number of aromatic nitrogens is 1. The summed E-state index contributed by atoms with van der Waals surface area (Å²) in [5, 5.41) is 3.91. The van der Waals surface area contributed by atoms with Crippen LogP contribution in [0, 0.1) is 5.82 Å². The molecule has 0 radical (unpaired) electrons. The monoisotopic (exact) mass is 366 g/mol. The van der Waals surface area contributed by atoms with Crippen LogP contribution < -0.4 is 9.47 Å². The van der Waals surface area contributed by atoms with Crippen molar-refractivity contribution < 1.29 is 23.2 Å². The molecule has 1 atom stereocenters. The van der Waals surface area contributed by atoms with Gasteiger partial charge in [0.2, 0.25) is 6.79 Å². The smallest absolute Gasteiger partial charge is 0.276 e. The van der Waals surface area contributed by atoms with Crippen molar-refractivity contribution in [3.05, 3.63) is 65.6 Å². The second-order valence-electron chi connectivity index (χ2n) is 6.47. The van der Waals surface area contributed by atoms with Gasteiger partial charge in [-0.2, -0.15) is 0 Å². The lowest BCUT2D eigenvalue weighted by Crippen LogP contribution is -2.45. The molecule has 6 nitrogen and oxygen atoms in total. The van der Waals surface area contributed by atoms with E-state index in [9.17, 15) is 9.18 Å². The first-order chi connectivity index (χ1) is 13.2. The molecule has 3 heterocycles. The molecule has 5 rings (SSSR count). The molecular formula is C20H15FN2O4. The van der Waals surface area contributed by atoms with Gasteiger partial charge < -0.3 is 18.9 Å². The third-order valence-electron chi connectivity index (χ3n) is 4.93. The number of amides is 1. The van der Waals surface area contributed by atoms with Gasteiger partial charge in [-0.1, -0.05) is 23.4 Å². The van der Waals surface area contributed by atoms with Crippen LogP contribution in [0.5, 0.6) is 11.5 Å². The fourth-order valence-electron chi connectivity index (χ4n) is 3.41. The minimum absolute atomic E-state index is 0.186. The van der Waals surface area contributed by atoms with E-state index in [-0.39, 0.29) is 30.3 Å². The summed E-state index contributed by atoms with van der Waals surface area (Å²) in [6, 6.07) is 13.2. The summed E-state index contributed by atoms with van der Waals surface area (Å²) < 4.78 is 30.0. The van der Waals surface area contributed by atoms with Crippen LogP contribution in [0.4, 0.5) is 4.39 Å². The van der Waals surface area contributed by atoms with Gasteiger partial charge in [-0.25, -0.2) is 4.39 Å². The van der Waals surface area contributed by atoms with Crippen LogP contribution in [0.3, 0.4) is 0 Å². The molecule has 0 N–H and O–H groups in total. The Kier molecular flexibility index (Phi) is 3.60. The van der Waals surface area contributed by atoms with Gasteiger partial charge in [0.1, 0.15) is 5.82 Å². The first-order valence-corrected chi connectivity index (χ1v) is 8.63. The van der Waals surface area contributed by atoms with Crippen LogP contribution in [0.2, 0.25) is 0 Å². The lowest BCUT2D eigenvalue weighted by Gasteiger charge is -2.40. The highest BCUT2D eigenvalue weighted by molar-refractivity contribution is 5.94. The van der Waals surface area contributed by atoms with E-state index >= 15 is 0 Å². The summed E-state index contributed by atoms with van der Waals surface area (Å²) in [5.74, 6) is 1.17. The SMILES string of the molecule is O=C(c1cc(-c2ccc3c(c2)OCO3)on1)N1CCC1c1ccccc1F. The van der Waals surface area contributed by atoms with Gasteiger partial charge in [0.15, 0.2) is 23.0 Å². The van der Waals surface area contributed by atoms with Crippen LogP contribution in [0.1, 0.15) is 28.5 Å². The van der Waals surface area contributed by atoms with Crippen molar-refractivity contribution in [3.8, 4) is 22.8 Å². The van der Waals surface area contributed by atoms with Crippen LogP contribution >= 0.6 is 0 Å². The van der Waals surface area contributed by atoms with Crippen LogP contribution in [-0.4, -0.2) is 29.3 Å². The van der Waals surface area contributed by atoms with Gasteiger partial charge in [0, 0.05) is 23.7 Å². The summed E-state index contributed by atoms with van der Waals surface area (Å²) in [7, 11) is 0. The predicted molar refractivity (Wildman–Crippen MR) is 92.9 cm³/mol. The van der Waals surface area contributed by atoms with E-state index in [2.05, 4.69) is 5.16 Å². The lowest BCUT2D eigenvalue weighted by atomic mass is 9.94. The molecule has 1 aromatic heterocycles. The maximum Gasteiger partial charge on any atom is 0.276 e. The van der Waals surface area contributed by atoms with E-state index in [4.69, 9.17) is 14.0 Å². The summed E-state index contributed by atoms with van der Waals surface area (Å²) >= 11 is 0. The van der Waals surface area contributed by atoms with E-state index in [0.717, 1.165) is 12.0 Å². The van der Waals surface area contributed by atoms with Crippen molar-refractivity contribution in [2.75, 3.05) is 13.3 Å². The number of benzene rings is 2. The van der Waals surface area contributed by atoms with Crippen molar-refractivity contribution in [1.82, 2.24) is 10.1 Å². The Morgan fingerprint density at radius 2 is 1.96 bits per heavy atom. The number of carbonyl (C=O) groups excluding carboxylic acids is 1. The molecule has 0 aliphatic carbocycles. The number of nitrogens with zero attached hydrogens (tertiary/aromatic N) is 2. The third-order valence-corrected chi connectivity index (χ3v) is 4.93. The second-order valence-corrected chi connectivity index (χ2v) is 6.47. The molecule has 1 fully saturated rings. The number of carbonyl (C=O) groups is 1. The normalized spacial score (nSPS) is 17.7. The molecule has 0 saturated carbocycles. The Labute approximate surface area is 154 Å². The van der Waals surface area contributed by atoms with Gasteiger partial charge in [0.05, 0.1) is 6.04 Å². The van der Waals surface area contributed by atoms with Crippen LogP contribution in [0.15, 0.2) is 53.1 Å². The standard InChI is InChI=1S/C20H15FN2O4/c21-14-4-2-1-3-13(14)16-7-8-23(16)20(24)15-10-18(27-22-15)12-5-6-17-19(9-12)26-11-25-17/h1-6,9-10,16H,7-8,11H2. The highest BCUT2D eigenvalue weighted by atomic mass is 19.1. The van der Waals surface area contributed by atoms with E-state index in [1.807, 2.05) is 6.07 Å². The van der Waals surface area contributed by atoms with Crippen molar-refractivity contribution in [3.63, 3.8) is 0 Å². The van der Waals surface area contributed by atoms with Crippen LogP contribution in [0.25, 0.3) is 11.3 Å². The van der Waals surface area contributed by atoms with E-state index in [1.54, 1.807) is 41.3 Å². The number of fused-ring (bicyclic) bond motifs is 1. The number of halogens is 1. The average molecular weight is 366 g/mol. The zero-order valence-corrected chi connectivity index (χ0v) is 14.2. The predicted octanol–water partition coefficient (Wildman–Crippen LogP) is 3.80. The second kappa shape index (κ2) is 6.12. The van der Waals surface area contributed by atoms with Crippen molar-refractivity contribution in [2.24, 2.45) is 0 Å². The van der Waals surface area contributed by atoms with E-state index < -0.39 is 0 Å². The number of hydrogen-bond acceptors (Lipinski definition) is 5. The van der Waals surface area contributed by atoms with Crippen molar-refractivity contribution in [2.45, 2.75) is 12.5 Å². The molecule has 2 aliphatic rings. The van der Waals surface area contributed by atoms with Crippen molar-refractivity contribution >= 4 is 5.91 Å². The molecular weight excluding hydrogens is 351 g/mol. The highest BCUT2D eigenvalue weighted by Gasteiger charge is 2.36. The fourth-order valence-corrected chi connectivity index (χ4v) is 3.41. The average Bonchev–Trinajstić information content (AvgIpc) is 3.31. The summed E-state index contributed by atoms with van der Waals surface area (Å²) in [4.78, 5) is 14.4. The van der Waals surface area contributed by atoms with Gasteiger partial charge in [0.25, 0.3) is 5.91 Å². The molecule has 1 saturated heterocycles. The molecule has 2 aromatic carbocycles. The first kappa shape index (κ1) is 15.9. The molecule has 0 spiro atoms. The Bertz CT molecular complexity index is 1030. The highest BCUT2D eigenvalue weighted by Crippen LogP contribution is 2.38. The molecule has 1 unspecified atom stereocenters. The largest absolute Gasteiger partial charge is 0.454 e. The lowest BCUT2D eigenvalue weighted by molar-refractivity contribution is 0.0442. The molecule has 2 aliphatic heterocycles. The van der Waals surface area contributed by atoms with Gasteiger partial charge in [-0.05, 0) is 30.7 Å². The zero-order chi connectivity index (χ0) is 18.4. The number of hydrogen-bond donors (Lipinski definition) is 0. The maximum atomic E-state index is 14.0. The van der Waals surface area contributed by atoms with E-state index in [0.29, 0.717) is 29.4 Å². The van der Waals surface area contributed by atoms with Gasteiger partial charge >= 0.3 is 0 Å². The fraction of sp³-hybridized carbons (Fsp3) is 0.200. The van der Waals surface area contributed by atoms with Crippen molar-refractivity contribution in [1.29, 1.82) is 0 Å². The molecule has 136 valence electrons. The van der Waals surface area contributed by atoms with Crippen LogP contribution in [-0.2, 0) is 0 Å². The molecule has 3 aromatic rings.